The van der Waals surface area contributed by atoms with Gasteiger partial charge in [0.25, 0.3) is 0 Å². The van der Waals surface area contributed by atoms with E-state index in [1.165, 1.54) is 16.5 Å². The highest BCUT2D eigenvalue weighted by Gasteiger charge is 2.17. The molecule has 4 rings (SSSR count). The van der Waals surface area contributed by atoms with Gasteiger partial charge in [0.1, 0.15) is 6.33 Å². The van der Waals surface area contributed by atoms with Crippen LogP contribution in [0.3, 0.4) is 0 Å². The quantitative estimate of drug-likeness (QED) is 0.454. The molecular weight excluding hydrogens is 358 g/mol. The van der Waals surface area contributed by atoms with Crippen molar-refractivity contribution in [3.8, 4) is 11.6 Å². The van der Waals surface area contributed by atoms with Crippen molar-refractivity contribution in [1.82, 2.24) is 24.0 Å². The fraction of sp³-hybridized carbons (Fsp3) is 0.333. The summed E-state index contributed by atoms with van der Waals surface area (Å²) in [5.41, 5.74) is 2.33. The summed E-state index contributed by atoms with van der Waals surface area (Å²) in [7, 11) is 0. The Balaban J connectivity index is 1.76. The third-order valence-electron chi connectivity index (χ3n) is 5.50. The van der Waals surface area contributed by atoms with Gasteiger partial charge in [-0.25, -0.2) is 9.97 Å². The summed E-state index contributed by atoms with van der Waals surface area (Å²) in [6, 6.07) is 16.1. The molecule has 5 nitrogen and oxygen atoms in total. The van der Waals surface area contributed by atoms with Gasteiger partial charge in [0.05, 0.1) is 6.20 Å². The second-order valence-corrected chi connectivity index (χ2v) is 8.06. The third kappa shape index (κ3) is 3.96. The molecule has 2 aromatic heterocycles. The number of rotatable bonds is 7. The zero-order valence-corrected chi connectivity index (χ0v) is 17.7. The fourth-order valence-electron chi connectivity index (χ4n) is 4.07. The van der Waals surface area contributed by atoms with E-state index in [1.807, 2.05) is 17.0 Å². The number of benzene rings is 2. The topological polar surface area (TPSA) is 38.9 Å². The van der Waals surface area contributed by atoms with Crippen molar-refractivity contribution in [2.75, 3.05) is 6.54 Å². The molecule has 2 aromatic carbocycles. The molecule has 0 aliphatic rings. The minimum atomic E-state index is 0.514. The summed E-state index contributed by atoms with van der Waals surface area (Å²) in [6.07, 6.45) is 8.48. The summed E-state index contributed by atoms with van der Waals surface area (Å²) in [5, 5.41) is 2.47. The van der Waals surface area contributed by atoms with E-state index < -0.39 is 0 Å². The van der Waals surface area contributed by atoms with E-state index in [4.69, 9.17) is 4.98 Å². The van der Waals surface area contributed by atoms with Crippen LogP contribution < -0.4 is 0 Å². The zero-order chi connectivity index (χ0) is 20.4. The van der Waals surface area contributed by atoms with Crippen LogP contribution in [0, 0.1) is 0 Å². The van der Waals surface area contributed by atoms with Crippen molar-refractivity contribution in [2.24, 2.45) is 0 Å². The minimum Gasteiger partial charge on any atom is -0.298 e. The van der Waals surface area contributed by atoms with Crippen molar-refractivity contribution in [3.05, 3.63) is 73.1 Å². The Morgan fingerprint density at radius 2 is 1.72 bits per heavy atom. The van der Waals surface area contributed by atoms with E-state index in [-0.39, 0.29) is 0 Å². The molecule has 0 amide bonds. The van der Waals surface area contributed by atoms with E-state index in [1.54, 1.807) is 12.5 Å². The number of nitrogens with zero attached hydrogens (tertiary/aromatic N) is 5. The number of hydrogen-bond donors (Lipinski definition) is 0. The first-order chi connectivity index (χ1) is 14.0. The second-order valence-electron chi connectivity index (χ2n) is 8.06. The smallest absolute Gasteiger partial charge is 0.219 e. The lowest BCUT2D eigenvalue weighted by molar-refractivity contribution is 0.176. The van der Waals surface area contributed by atoms with Crippen molar-refractivity contribution < 1.29 is 0 Å². The molecule has 0 aliphatic heterocycles. The second kappa shape index (κ2) is 8.21. The number of imidazole rings is 2. The molecule has 150 valence electrons. The maximum atomic E-state index is 4.75. The van der Waals surface area contributed by atoms with E-state index in [9.17, 15) is 0 Å². The Hall–Kier alpha value is -2.92. The number of hydrogen-bond acceptors (Lipinski definition) is 3. The van der Waals surface area contributed by atoms with Gasteiger partial charge in [0.2, 0.25) is 5.95 Å². The largest absolute Gasteiger partial charge is 0.298 e. The van der Waals surface area contributed by atoms with Crippen LogP contribution in [-0.2, 0) is 6.42 Å². The van der Waals surface area contributed by atoms with Crippen LogP contribution >= 0.6 is 0 Å². The van der Waals surface area contributed by atoms with Crippen LogP contribution in [0.15, 0.2) is 67.4 Å². The molecule has 4 aromatic rings. The summed E-state index contributed by atoms with van der Waals surface area (Å²) in [5.74, 6) is 0.869. The predicted molar refractivity (Wildman–Crippen MR) is 119 cm³/mol. The van der Waals surface area contributed by atoms with Gasteiger partial charge in [-0.15, -0.1) is 0 Å². The molecule has 29 heavy (non-hydrogen) atoms. The van der Waals surface area contributed by atoms with E-state index >= 15 is 0 Å². The number of fused-ring (bicyclic) bond motifs is 1. The Kier molecular flexibility index (Phi) is 5.49. The predicted octanol–water partition coefficient (Wildman–Crippen LogP) is 4.87. The van der Waals surface area contributed by atoms with Crippen LogP contribution in [-0.4, -0.2) is 42.6 Å². The lowest BCUT2D eigenvalue weighted by Crippen LogP contribution is -2.38. The molecule has 0 bridgehead atoms. The maximum absolute atomic E-state index is 4.75. The molecule has 0 radical (unpaired) electrons. The van der Waals surface area contributed by atoms with Crippen LogP contribution in [0.4, 0.5) is 0 Å². The Morgan fingerprint density at radius 1 is 0.966 bits per heavy atom. The van der Waals surface area contributed by atoms with Gasteiger partial charge in [0.15, 0.2) is 0 Å². The van der Waals surface area contributed by atoms with Gasteiger partial charge >= 0.3 is 0 Å². The Morgan fingerprint density at radius 3 is 2.41 bits per heavy atom. The van der Waals surface area contributed by atoms with Gasteiger partial charge in [-0.3, -0.25) is 14.0 Å². The van der Waals surface area contributed by atoms with Gasteiger partial charge in [0, 0.05) is 48.8 Å². The molecule has 0 aliphatic carbocycles. The highest BCUT2D eigenvalue weighted by atomic mass is 15.3. The SMILES string of the molecule is CC(C)N(CCc1cnc(-n2ccnc2)n1-c1ccc2ccccc2c1)C(C)C. The molecule has 0 saturated carbocycles. The van der Waals surface area contributed by atoms with Crippen molar-refractivity contribution in [1.29, 1.82) is 0 Å². The summed E-state index contributed by atoms with van der Waals surface area (Å²) < 4.78 is 4.23. The van der Waals surface area contributed by atoms with E-state index in [2.05, 4.69) is 84.6 Å². The zero-order valence-electron chi connectivity index (χ0n) is 17.7. The molecular formula is C24H29N5. The van der Waals surface area contributed by atoms with Crippen LogP contribution in [0.25, 0.3) is 22.4 Å². The summed E-state index contributed by atoms with van der Waals surface area (Å²) in [6.45, 7) is 10.0. The van der Waals surface area contributed by atoms with Gasteiger partial charge < -0.3 is 0 Å². The van der Waals surface area contributed by atoms with E-state index in [0.717, 1.165) is 24.6 Å². The van der Waals surface area contributed by atoms with Gasteiger partial charge in [-0.1, -0.05) is 30.3 Å². The lowest BCUT2D eigenvalue weighted by Gasteiger charge is -2.30. The molecule has 0 atom stereocenters. The standard InChI is InChI=1S/C24H29N5/c1-18(2)28(19(3)4)13-11-23-16-26-24(27-14-12-25-17-27)29(23)22-10-9-20-7-5-6-8-21(20)15-22/h5-10,12,14-19H,11,13H2,1-4H3. The highest BCUT2D eigenvalue weighted by Crippen LogP contribution is 2.23. The highest BCUT2D eigenvalue weighted by molar-refractivity contribution is 5.84. The van der Waals surface area contributed by atoms with Crippen LogP contribution in [0.2, 0.25) is 0 Å². The first-order valence-corrected chi connectivity index (χ1v) is 10.3. The molecule has 0 unspecified atom stereocenters. The summed E-state index contributed by atoms with van der Waals surface area (Å²) in [4.78, 5) is 11.5. The van der Waals surface area contributed by atoms with Gasteiger partial charge in [-0.2, -0.15) is 0 Å². The molecule has 5 heteroatoms. The first kappa shape index (κ1) is 19.4. The summed E-state index contributed by atoms with van der Waals surface area (Å²) >= 11 is 0. The average molecular weight is 388 g/mol. The Bertz CT molecular complexity index is 1070. The maximum Gasteiger partial charge on any atom is 0.219 e. The van der Waals surface area contributed by atoms with Crippen molar-refractivity contribution in [2.45, 2.75) is 46.2 Å². The molecule has 0 spiro atoms. The third-order valence-corrected chi connectivity index (χ3v) is 5.50. The monoisotopic (exact) mass is 387 g/mol. The van der Waals surface area contributed by atoms with Crippen molar-refractivity contribution in [3.63, 3.8) is 0 Å². The van der Waals surface area contributed by atoms with Crippen LogP contribution in [0.5, 0.6) is 0 Å². The molecule has 0 fully saturated rings. The Labute approximate surface area is 172 Å². The first-order valence-electron chi connectivity index (χ1n) is 10.3. The molecule has 2 heterocycles. The normalized spacial score (nSPS) is 12.0. The number of aromatic nitrogens is 4. The minimum absolute atomic E-state index is 0.514. The molecule has 0 saturated heterocycles. The van der Waals surface area contributed by atoms with Gasteiger partial charge in [-0.05, 0) is 50.6 Å². The molecule has 0 N–H and O–H groups in total. The fourth-order valence-corrected chi connectivity index (χ4v) is 4.07. The van der Waals surface area contributed by atoms with Crippen LogP contribution in [0.1, 0.15) is 33.4 Å². The average Bonchev–Trinajstić information content (AvgIpc) is 3.37. The van der Waals surface area contributed by atoms with Crippen molar-refractivity contribution >= 4 is 10.8 Å². The van der Waals surface area contributed by atoms with E-state index in [0.29, 0.717) is 12.1 Å². The lowest BCUT2D eigenvalue weighted by atomic mass is 10.1.